The van der Waals surface area contributed by atoms with Crippen LogP contribution in [0.2, 0.25) is 0 Å². The quantitative estimate of drug-likeness (QED) is 0.888. The fraction of sp³-hybridized carbons (Fsp3) is 0.625. The van der Waals surface area contributed by atoms with Gasteiger partial charge in [-0.25, -0.2) is 0 Å². The number of methoxy groups -OCH3 is 1. The molecule has 1 fully saturated rings. The van der Waals surface area contributed by atoms with Crippen molar-refractivity contribution >= 4 is 5.69 Å². The predicted molar refractivity (Wildman–Crippen MR) is 82.6 cm³/mol. The molecule has 0 radical (unpaired) electrons. The van der Waals surface area contributed by atoms with Crippen molar-refractivity contribution in [1.29, 1.82) is 0 Å². The molecule has 0 amide bonds. The van der Waals surface area contributed by atoms with Gasteiger partial charge in [-0.1, -0.05) is 0 Å². The first-order chi connectivity index (χ1) is 9.60. The van der Waals surface area contributed by atoms with Crippen molar-refractivity contribution in [3.63, 3.8) is 0 Å². The van der Waals surface area contributed by atoms with E-state index in [2.05, 4.69) is 24.1 Å². The minimum absolute atomic E-state index is 0.190. The van der Waals surface area contributed by atoms with Crippen LogP contribution in [0.25, 0.3) is 0 Å². The molecule has 0 spiro atoms. The summed E-state index contributed by atoms with van der Waals surface area (Å²) in [6.07, 6.45) is 3.54. The third-order valence-corrected chi connectivity index (χ3v) is 4.04. The van der Waals surface area contributed by atoms with E-state index in [-0.39, 0.29) is 5.75 Å². The maximum Gasteiger partial charge on any atom is 0.160 e. The zero-order valence-electron chi connectivity index (χ0n) is 12.7. The Kier molecular flexibility index (Phi) is 5.12. The smallest absolute Gasteiger partial charge is 0.160 e. The van der Waals surface area contributed by atoms with Gasteiger partial charge in [-0.15, -0.1) is 0 Å². The lowest BCUT2D eigenvalue weighted by Gasteiger charge is -2.24. The molecule has 1 aliphatic heterocycles. The van der Waals surface area contributed by atoms with Crippen molar-refractivity contribution in [2.45, 2.75) is 45.2 Å². The van der Waals surface area contributed by atoms with Gasteiger partial charge in [0.2, 0.25) is 0 Å². The van der Waals surface area contributed by atoms with E-state index in [1.165, 1.54) is 19.4 Å². The first-order valence-corrected chi connectivity index (χ1v) is 7.47. The van der Waals surface area contributed by atoms with Gasteiger partial charge >= 0.3 is 0 Å². The Morgan fingerprint density at radius 1 is 1.30 bits per heavy atom. The molecular formula is C16H26N2O2. The van der Waals surface area contributed by atoms with Crippen LogP contribution in [0.5, 0.6) is 11.5 Å². The Labute approximate surface area is 121 Å². The van der Waals surface area contributed by atoms with Gasteiger partial charge in [0.25, 0.3) is 0 Å². The standard InChI is InChI=1S/C16H26N2O2/c1-12(2)18-9-4-5-13(8-10-18)17-14-6-7-16(20-3)15(19)11-14/h6-7,11-13,17,19H,4-5,8-10H2,1-3H3. The molecule has 20 heavy (non-hydrogen) atoms. The monoisotopic (exact) mass is 278 g/mol. The number of nitrogens with one attached hydrogen (secondary N) is 1. The van der Waals surface area contributed by atoms with Gasteiger partial charge in [-0.05, 0) is 51.8 Å². The summed E-state index contributed by atoms with van der Waals surface area (Å²) in [6.45, 7) is 6.84. The van der Waals surface area contributed by atoms with E-state index >= 15 is 0 Å². The van der Waals surface area contributed by atoms with Gasteiger partial charge < -0.3 is 20.1 Å². The van der Waals surface area contributed by atoms with Crippen LogP contribution in [0.1, 0.15) is 33.1 Å². The van der Waals surface area contributed by atoms with E-state index in [9.17, 15) is 5.11 Å². The third kappa shape index (κ3) is 3.79. The number of anilines is 1. The summed E-state index contributed by atoms with van der Waals surface area (Å²) in [5.74, 6) is 0.706. The van der Waals surface area contributed by atoms with Crippen molar-refractivity contribution in [2.75, 3.05) is 25.5 Å². The summed E-state index contributed by atoms with van der Waals surface area (Å²) in [5.41, 5.74) is 0.964. The lowest BCUT2D eigenvalue weighted by Crippen LogP contribution is -2.32. The summed E-state index contributed by atoms with van der Waals surface area (Å²) < 4.78 is 5.07. The number of rotatable bonds is 4. The maximum atomic E-state index is 9.82. The number of hydrogen-bond acceptors (Lipinski definition) is 4. The maximum absolute atomic E-state index is 9.82. The molecule has 1 unspecified atom stereocenters. The van der Waals surface area contributed by atoms with Gasteiger partial charge in [0.05, 0.1) is 7.11 Å². The van der Waals surface area contributed by atoms with E-state index in [1.54, 1.807) is 19.2 Å². The first kappa shape index (κ1) is 15.0. The van der Waals surface area contributed by atoms with E-state index in [1.807, 2.05) is 6.07 Å². The number of phenols is 1. The molecule has 1 atom stereocenters. The molecule has 1 aliphatic rings. The predicted octanol–water partition coefficient (Wildman–Crippen LogP) is 3.08. The van der Waals surface area contributed by atoms with Crippen molar-refractivity contribution in [1.82, 2.24) is 4.90 Å². The third-order valence-electron chi connectivity index (χ3n) is 4.04. The van der Waals surface area contributed by atoms with E-state index in [0.29, 0.717) is 17.8 Å². The largest absolute Gasteiger partial charge is 0.504 e. The Morgan fingerprint density at radius 2 is 2.10 bits per heavy atom. The number of hydrogen-bond donors (Lipinski definition) is 2. The van der Waals surface area contributed by atoms with Crippen LogP contribution in [0, 0.1) is 0 Å². The average molecular weight is 278 g/mol. The molecule has 1 aromatic rings. The molecule has 4 heteroatoms. The van der Waals surface area contributed by atoms with Gasteiger partial charge in [0.15, 0.2) is 11.5 Å². The number of likely N-dealkylation sites (tertiary alicyclic amines) is 1. The average Bonchev–Trinajstić information content (AvgIpc) is 2.65. The number of benzene rings is 1. The SMILES string of the molecule is COc1ccc(NC2CCCN(C(C)C)CC2)cc1O. The highest BCUT2D eigenvalue weighted by Crippen LogP contribution is 2.29. The molecule has 1 aromatic carbocycles. The summed E-state index contributed by atoms with van der Waals surface area (Å²) in [7, 11) is 1.56. The molecule has 2 N–H and O–H groups in total. The minimum Gasteiger partial charge on any atom is -0.504 e. The molecule has 0 saturated carbocycles. The zero-order valence-corrected chi connectivity index (χ0v) is 12.7. The topological polar surface area (TPSA) is 44.7 Å². The van der Waals surface area contributed by atoms with Crippen molar-refractivity contribution in [3.8, 4) is 11.5 Å². The second kappa shape index (κ2) is 6.84. The van der Waals surface area contributed by atoms with Gasteiger partial charge in [0, 0.05) is 30.4 Å². The Hall–Kier alpha value is -1.42. The van der Waals surface area contributed by atoms with Gasteiger partial charge in [-0.2, -0.15) is 0 Å². The lowest BCUT2D eigenvalue weighted by atomic mass is 10.1. The fourth-order valence-corrected chi connectivity index (χ4v) is 2.79. The molecule has 0 aliphatic carbocycles. The van der Waals surface area contributed by atoms with Crippen molar-refractivity contribution in [3.05, 3.63) is 18.2 Å². The van der Waals surface area contributed by atoms with Gasteiger partial charge in [0.1, 0.15) is 0 Å². The lowest BCUT2D eigenvalue weighted by molar-refractivity contribution is 0.230. The second-order valence-electron chi connectivity index (χ2n) is 5.79. The van der Waals surface area contributed by atoms with Crippen LogP contribution in [0.3, 0.4) is 0 Å². The fourth-order valence-electron chi connectivity index (χ4n) is 2.79. The highest BCUT2D eigenvalue weighted by molar-refractivity contribution is 5.54. The summed E-state index contributed by atoms with van der Waals surface area (Å²) in [5, 5.41) is 13.3. The van der Waals surface area contributed by atoms with Crippen molar-refractivity contribution in [2.24, 2.45) is 0 Å². The molecular weight excluding hydrogens is 252 g/mol. The Morgan fingerprint density at radius 3 is 2.75 bits per heavy atom. The van der Waals surface area contributed by atoms with Crippen LogP contribution in [0.15, 0.2) is 18.2 Å². The van der Waals surface area contributed by atoms with Crippen LogP contribution in [-0.2, 0) is 0 Å². The molecule has 0 bridgehead atoms. The Balaban J connectivity index is 1.94. The van der Waals surface area contributed by atoms with E-state index < -0.39 is 0 Å². The zero-order chi connectivity index (χ0) is 14.5. The van der Waals surface area contributed by atoms with Crippen molar-refractivity contribution < 1.29 is 9.84 Å². The van der Waals surface area contributed by atoms with E-state index in [4.69, 9.17) is 4.74 Å². The molecule has 4 nitrogen and oxygen atoms in total. The minimum atomic E-state index is 0.190. The van der Waals surface area contributed by atoms with Gasteiger partial charge in [-0.3, -0.25) is 0 Å². The number of phenolic OH excluding ortho intramolecular Hbond substituents is 1. The number of ether oxygens (including phenoxy) is 1. The number of nitrogens with zero attached hydrogens (tertiary/aromatic N) is 1. The van der Waals surface area contributed by atoms with Crippen LogP contribution < -0.4 is 10.1 Å². The summed E-state index contributed by atoms with van der Waals surface area (Å²) in [4.78, 5) is 2.53. The highest BCUT2D eigenvalue weighted by Gasteiger charge is 2.18. The Bertz CT molecular complexity index is 434. The molecule has 0 aromatic heterocycles. The molecule has 1 heterocycles. The van der Waals surface area contributed by atoms with Crippen LogP contribution in [0.4, 0.5) is 5.69 Å². The van der Waals surface area contributed by atoms with E-state index in [0.717, 1.165) is 18.7 Å². The molecule has 1 saturated heterocycles. The highest BCUT2D eigenvalue weighted by atomic mass is 16.5. The molecule has 2 rings (SSSR count). The number of aromatic hydroxyl groups is 1. The molecule has 112 valence electrons. The second-order valence-corrected chi connectivity index (χ2v) is 5.79. The summed E-state index contributed by atoms with van der Waals surface area (Å²) in [6, 6.07) is 6.60. The summed E-state index contributed by atoms with van der Waals surface area (Å²) >= 11 is 0. The first-order valence-electron chi connectivity index (χ1n) is 7.47. The van der Waals surface area contributed by atoms with Crippen LogP contribution >= 0.6 is 0 Å². The van der Waals surface area contributed by atoms with Crippen LogP contribution in [-0.4, -0.2) is 42.3 Å². The normalized spacial score (nSPS) is 20.7.